The van der Waals surface area contributed by atoms with Crippen LogP contribution in [0.2, 0.25) is 5.02 Å². The number of halogens is 2. The molecule has 2 amide bonds. The van der Waals surface area contributed by atoms with E-state index >= 15 is 0 Å². The summed E-state index contributed by atoms with van der Waals surface area (Å²) in [6, 6.07) is 6.74. The van der Waals surface area contributed by atoms with Crippen molar-refractivity contribution in [3.63, 3.8) is 0 Å². The van der Waals surface area contributed by atoms with E-state index in [1.165, 1.54) is 30.3 Å². The molecule has 0 aliphatic carbocycles. The average molecular weight is 411 g/mol. The molecule has 1 aromatic heterocycles. The van der Waals surface area contributed by atoms with E-state index in [-0.39, 0.29) is 4.21 Å². The molecular formula is C11H9BrClN3O3S2. The largest absolute Gasteiger partial charge is 0.351 e. The number of hydrogen-bond donors (Lipinski definition) is 3. The molecule has 0 saturated carbocycles. The van der Waals surface area contributed by atoms with Gasteiger partial charge in [-0.25, -0.2) is 13.2 Å². The third kappa shape index (κ3) is 4.10. The number of amides is 2. The van der Waals surface area contributed by atoms with Gasteiger partial charge in [0.1, 0.15) is 4.21 Å². The zero-order valence-corrected chi connectivity index (χ0v) is 14.2. The summed E-state index contributed by atoms with van der Waals surface area (Å²) in [6.07, 6.45) is 0. The molecule has 0 fully saturated rings. The fourth-order valence-electron chi connectivity index (χ4n) is 1.43. The van der Waals surface area contributed by atoms with E-state index in [2.05, 4.69) is 26.0 Å². The molecule has 21 heavy (non-hydrogen) atoms. The summed E-state index contributed by atoms with van der Waals surface area (Å²) in [4.78, 5) is 10.7. The van der Waals surface area contributed by atoms with Gasteiger partial charge in [0.15, 0.2) is 0 Å². The molecule has 0 aliphatic rings. The number of primary amides is 1. The first-order valence-electron chi connectivity index (χ1n) is 5.42. The maximum absolute atomic E-state index is 12.2. The van der Waals surface area contributed by atoms with E-state index in [1.807, 2.05) is 0 Å². The van der Waals surface area contributed by atoms with Gasteiger partial charge in [-0.2, -0.15) is 0 Å². The van der Waals surface area contributed by atoms with Gasteiger partial charge in [0.2, 0.25) is 0 Å². The highest BCUT2D eigenvalue weighted by Gasteiger charge is 2.19. The number of urea groups is 1. The Labute approximate surface area is 138 Å². The molecule has 0 unspecified atom stereocenters. The zero-order valence-electron chi connectivity index (χ0n) is 10.3. The van der Waals surface area contributed by atoms with Gasteiger partial charge in [-0.1, -0.05) is 11.6 Å². The van der Waals surface area contributed by atoms with Crippen molar-refractivity contribution in [2.24, 2.45) is 5.73 Å². The molecule has 0 saturated heterocycles. The number of sulfonamides is 1. The molecule has 0 radical (unpaired) electrons. The molecule has 2 rings (SSSR count). The number of thiophene rings is 1. The second-order valence-corrected chi connectivity index (χ2v) is 8.55. The smallest absolute Gasteiger partial charge is 0.316 e. The van der Waals surface area contributed by atoms with E-state index in [0.29, 0.717) is 20.2 Å². The fourth-order valence-corrected chi connectivity index (χ4v) is 4.89. The molecule has 6 nitrogen and oxygen atoms in total. The molecule has 2 aromatic rings. The Kier molecular flexibility index (Phi) is 4.77. The third-order valence-corrected chi connectivity index (χ3v) is 6.62. The SMILES string of the molecule is NC(=O)Nc1ccc(NS(=O)(=O)c2cc(Cl)c(Br)s2)cc1. The molecule has 0 atom stereocenters. The van der Waals surface area contributed by atoms with Gasteiger partial charge in [0.05, 0.1) is 8.81 Å². The van der Waals surface area contributed by atoms with Crippen molar-refractivity contribution in [1.29, 1.82) is 0 Å². The maximum Gasteiger partial charge on any atom is 0.316 e. The first-order valence-corrected chi connectivity index (χ1v) is 8.89. The first kappa shape index (κ1) is 16.1. The lowest BCUT2D eigenvalue weighted by molar-refractivity contribution is 0.259. The van der Waals surface area contributed by atoms with Crippen LogP contribution >= 0.6 is 38.9 Å². The van der Waals surface area contributed by atoms with Gasteiger partial charge in [-0.3, -0.25) is 4.72 Å². The molecule has 0 bridgehead atoms. The van der Waals surface area contributed by atoms with Crippen LogP contribution in [0.3, 0.4) is 0 Å². The molecular weight excluding hydrogens is 402 g/mol. The Bertz CT molecular complexity index is 755. The number of hydrogen-bond acceptors (Lipinski definition) is 4. The summed E-state index contributed by atoms with van der Waals surface area (Å²) < 4.78 is 27.4. The highest BCUT2D eigenvalue weighted by molar-refractivity contribution is 9.11. The van der Waals surface area contributed by atoms with Gasteiger partial charge in [-0.05, 0) is 46.3 Å². The Hall–Kier alpha value is -1.29. The number of carbonyl (C=O) groups is 1. The summed E-state index contributed by atoms with van der Waals surface area (Å²) in [5.74, 6) is 0. The van der Waals surface area contributed by atoms with Crippen LogP contribution < -0.4 is 15.8 Å². The second kappa shape index (κ2) is 6.22. The molecule has 0 spiro atoms. The number of benzene rings is 1. The number of nitrogens with two attached hydrogens (primary N) is 1. The molecule has 0 aliphatic heterocycles. The summed E-state index contributed by atoms with van der Waals surface area (Å²) in [5.41, 5.74) is 5.80. The number of anilines is 2. The Morgan fingerprint density at radius 3 is 2.29 bits per heavy atom. The van der Waals surface area contributed by atoms with Crippen LogP contribution in [0.5, 0.6) is 0 Å². The summed E-state index contributed by atoms with van der Waals surface area (Å²) in [7, 11) is -3.71. The van der Waals surface area contributed by atoms with E-state index in [4.69, 9.17) is 17.3 Å². The molecule has 4 N–H and O–H groups in total. The van der Waals surface area contributed by atoms with Gasteiger partial charge in [-0.15, -0.1) is 11.3 Å². The lowest BCUT2D eigenvalue weighted by atomic mass is 10.3. The maximum atomic E-state index is 12.2. The minimum Gasteiger partial charge on any atom is -0.351 e. The van der Waals surface area contributed by atoms with Crippen LogP contribution in [0.15, 0.2) is 38.3 Å². The second-order valence-electron chi connectivity index (χ2n) is 3.86. The fraction of sp³-hybridized carbons (Fsp3) is 0. The van der Waals surface area contributed by atoms with E-state index in [0.717, 1.165) is 11.3 Å². The van der Waals surface area contributed by atoms with Gasteiger partial charge in [0, 0.05) is 11.4 Å². The first-order chi connectivity index (χ1) is 9.78. The quantitative estimate of drug-likeness (QED) is 0.719. The minimum atomic E-state index is -3.71. The van der Waals surface area contributed by atoms with Crippen molar-refractivity contribution in [2.75, 3.05) is 10.0 Å². The Morgan fingerprint density at radius 1 is 1.24 bits per heavy atom. The van der Waals surface area contributed by atoms with Crippen LogP contribution in [0, 0.1) is 0 Å². The van der Waals surface area contributed by atoms with Gasteiger partial charge < -0.3 is 11.1 Å². The van der Waals surface area contributed by atoms with Crippen LogP contribution in [0.25, 0.3) is 0 Å². The highest BCUT2D eigenvalue weighted by Crippen LogP contribution is 2.35. The van der Waals surface area contributed by atoms with Crippen molar-refractivity contribution in [3.8, 4) is 0 Å². The van der Waals surface area contributed by atoms with Crippen LogP contribution in [0.1, 0.15) is 0 Å². The van der Waals surface area contributed by atoms with E-state index in [1.54, 1.807) is 0 Å². The summed E-state index contributed by atoms with van der Waals surface area (Å²) in [6.45, 7) is 0. The number of rotatable bonds is 4. The molecule has 112 valence electrons. The van der Waals surface area contributed by atoms with Crippen LogP contribution in [0.4, 0.5) is 16.2 Å². The predicted octanol–water partition coefficient (Wildman–Crippen LogP) is 3.46. The molecule has 1 aromatic carbocycles. The average Bonchev–Trinajstić information content (AvgIpc) is 2.72. The van der Waals surface area contributed by atoms with Crippen LogP contribution in [-0.4, -0.2) is 14.4 Å². The normalized spacial score (nSPS) is 11.1. The standard InChI is InChI=1S/C11H9BrClN3O3S2/c12-10-8(13)5-9(20-10)21(18,19)16-7-3-1-6(2-4-7)15-11(14)17/h1-5,16H,(H3,14,15,17). The van der Waals surface area contributed by atoms with E-state index in [9.17, 15) is 13.2 Å². The lowest BCUT2D eigenvalue weighted by Gasteiger charge is -2.07. The van der Waals surface area contributed by atoms with Gasteiger partial charge in [0.25, 0.3) is 10.0 Å². The number of carbonyl (C=O) groups excluding carboxylic acids is 1. The molecule has 10 heteroatoms. The van der Waals surface area contributed by atoms with Gasteiger partial charge >= 0.3 is 6.03 Å². The van der Waals surface area contributed by atoms with Crippen molar-refractivity contribution in [3.05, 3.63) is 39.1 Å². The van der Waals surface area contributed by atoms with E-state index < -0.39 is 16.1 Å². The van der Waals surface area contributed by atoms with Crippen molar-refractivity contribution in [1.82, 2.24) is 0 Å². The minimum absolute atomic E-state index is 0.0960. The topological polar surface area (TPSA) is 101 Å². The zero-order chi connectivity index (χ0) is 15.6. The van der Waals surface area contributed by atoms with Crippen molar-refractivity contribution in [2.45, 2.75) is 4.21 Å². The molecule has 1 heterocycles. The Morgan fingerprint density at radius 2 is 1.81 bits per heavy atom. The Balaban J connectivity index is 2.18. The highest BCUT2D eigenvalue weighted by atomic mass is 79.9. The van der Waals surface area contributed by atoms with Crippen molar-refractivity contribution >= 4 is 66.3 Å². The summed E-state index contributed by atoms with van der Waals surface area (Å²) >= 11 is 10.0. The lowest BCUT2D eigenvalue weighted by Crippen LogP contribution is -2.19. The van der Waals surface area contributed by atoms with Crippen LogP contribution in [-0.2, 0) is 10.0 Å². The third-order valence-electron chi connectivity index (χ3n) is 2.29. The summed E-state index contributed by atoms with van der Waals surface area (Å²) in [5, 5.41) is 2.71. The van der Waals surface area contributed by atoms with Crippen molar-refractivity contribution < 1.29 is 13.2 Å². The number of nitrogens with one attached hydrogen (secondary N) is 2. The monoisotopic (exact) mass is 409 g/mol. The predicted molar refractivity (Wildman–Crippen MR) is 87.5 cm³/mol.